The van der Waals surface area contributed by atoms with Gasteiger partial charge in [-0.1, -0.05) is 0 Å². The zero-order valence-corrected chi connectivity index (χ0v) is 7.24. The fourth-order valence-corrected chi connectivity index (χ4v) is 0.832. The molecule has 0 unspecified atom stereocenters. The van der Waals surface area contributed by atoms with Gasteiger partial charge in [-0.25, -0.2) is 5.10 Å². The van der Waals surface area contributed by atoms with Gasteiger partial charge in [-0.15, -0.1) is 0 Å². The first-order valence-electron chi connectivity index (χ1n) is 3.92. The molecule has 1 aromatic rings. The largest absolute Gasteiger partial charge is 0.466 e. The Balaban J connectivity index is 2.59. The SMILES string of the molecule is CCOC(=O)Cc1ccc(=O)[nH]n1. The van der Waals surface area contributed by atoms with Crippen molar-refractivity contribution < 1.29 is 9.53 Å². The summed E-state index contributed by atoms with van der Waals surface area (Å²) in [6.07, 6.45) is 0.0879. The molecule has 0 amide bonds. The fourth-order valence-electron chi connectivity index (χ4n) is 0.832. The molecule has 0 aliphatic heterocycles. The molecule has 5 nitrogen and oxygen atoms in total. The van der Waals surface area contributed by atoms with Crippen LogP contribution in [-0.2, 0) is 16.0 Å². The Morgan fingerprint density at radius 3 is 2.92 bits per heavy atom. The van der Waals surface area contributed by atoms with Gasteiger partial charge >= 0.3 is 5.97 Å². The number of carbonyl (C=O) groups is 1. The fraction of sp³-hybridized carbons (Fsp3) is 0.375. The molecular weight excluding hydrogens is 172 g/mol. The predicted octanol–water partition coefficient (Wildman–Crippen LogP) is -0.124. The van der Waals surface area contributed by atoms with Gasteiger partial charge in [-0.2, -0.15) is 5.10 Å². The Hall–Kier alpha value is -1.65. The Kier molecular flexibility index (Phi) is 3.19. The number of nitrogens with zero attached hydrogens (tertiary/aromatic N) is 1. The van der Waals surface area contributed by atoms with Crippen LogP contribution in [0.4, 0.5) is 0 Å². The van der Waals surface area contributed by atoms with Gasteiger partial charge in [-0.3, -0.25) is 9.59 Å². The van der Waals surface area contributed by atoms with E-state index in [-0.39, 0.29) is 17.9 Å². The first-order chi connectivity index (χ1) is 6.22. The van der Waals surface area contributed by atoms with Crippen molar-refractivity contribution in [3.63, 3.8) is 0 Å². The molecule has 5 heteroatoms. The van der Waals surface area contributed by atoms with Crippen LogP contribution >= 0.6 is 0 Å². The lowest BCUT2D eigenvalue weighted by molar-refractivity contribution is -0.142. The van der Waals surface area contributed by atoms with Crippen LogP contribution in [0, 0.1) is 0 Å². The summed E-state index contributed by atoms with van der Waals surface area (Å²) in [5.41, 5.74) is 0.214. The number of aromatic nitrogens is 2. The number of nitrogens with one attached hydrogen (secondary N) is 1. The minimum absolute atomic E-state index is 0.0879. The molecule has 0 saturated heterocycles. The molecule has 0 aromatic carbocycles. The maximum atomic E-state index is 10.9. The van der Waals surface area contributed by atoms with Crippen molar-refractivity contribution in [2.75, 3.05) is 6.61 Å². The molecule has 1 aromatic heterocycles. The van der Waals surface area contributed by atoms with Crippen LogP contribution in [0.1, 0.15) is 12.6 Å². The van der Waals surface area contributed by atoms with Crippen molar-refractivity contribution in [1.29, 1.82) is 0 Å². The molecule has 0 bridgehead atoms. The third-order valence-electron chi connectivity index (χ3n) is 1.37. The summed E-state index contributed by atoms with van der Waals surface area (Å²) in [5, 5.41) is 5.90. The highest BCUT2D eigenvalue weighted by Crippen LogP contribution is 1.92. The molecule has 0 radical (unpaired) electrons. The van der Waals surface area contributed by atoms with Crippen molar-refractivity contribution in [2.45, 2.75) is 13.3 Å². The molecule has 70 valence electrons. The molecule has 0 atom stereocenters. The highest BCUT2D eigenvalue weighted by Gasteiger charge is 2.04. The summed E-state index contributed by atoms with van der Waals surface area (Å²) in [7, 11) is 0. The average molecular weight is 182 g/mol. The lowest BCUT2D eigenvalue weighted by Gasteiger charge is -1.99. The molecule has 0 saturated carbocycles. The second kappa shape index (κ2) is 4.39. The normalized spacial score (nSPS) is 9.62. The molecule has 1 heterocycles. The first-order valence-corrected chi connectivity index (χ1v) is 3.92. The maximum Gasteiger partial charge on any atom is 0.311 e. The molecule has 1 N–H and O–H groups in total. The molecule has 1 rings (SSSR count). The van der Waals surface area contributed by atoms with Crippen molar-refractivity contribution in [3.8, 4) is 0 Å². The van der Waals surface area contributed by atoms with Crippen molar-refractivity contribution >= 4 is 5.97 Å². The van der Waals surface area contributed by atoms with Crippen LogP contribution in [0.2, 0.25) is 0 Å². The van der Waals surface area contributed by atoms with Crippen LogP contribution < -0.4 is 5.56 Å². The highest BCUT2D eigenvalue weighted by molar-refractivity contribution is 5.71. The number of aromatic amines is 1. The van der Waals surface area contributed by atoms with Gasteiger partial charge in [0.05, 0.1) is 18.7 Å². The maximum absolute atomic E-state index is 10.9. The van der Waals surface area contributed by atoms with E-state index in [0.29, 0.717) is 12.3 Å². The Bertz CT molecular complexity index is 325. The van der Waals surface area contributed by atoms with Crippen LogP contribution in [0.15, 0.2) is 16.9 Å². The van der Waals surface area contributed by atoms with Gasteiger partial charge in [-0.05, 0) is 13.0 Å². The van der Waals surface area contributed by atoms with E-state index in [4.69, 9.17) is 4.74 Å². The minimum Gasteiger partial charge on any atom is -0.466 e. The van der Waals surface area contributed by atoms with E-state index in [1.165, 1.54) is 12.1 Å². The third kappa shape index (κ3) is 3.06. The molecule has 0 spiro atoms. The third-order valence-corrected chi connectivity index (χ3v) is 1.37. The topological polar surface area (TPSA) is 72.1 Å². The number of carbonyl (C=O) groups excluding carboxylic acids is 1. The Labute approximate surface area is 74.7 Å². The highest BCUT2D eigenvalue weighted by atomic mass is 16.5. The standard InChI is InChI=1S/C8H10N2O3/c1-2-13-8(12)5-6-3-4-7(11)10-9-6/h3-4H,2,5H2,1H3,(H,10,11). The van der Waals surface area contributed by atoms with Gasteiger partial charge in [0.2, 0.25) is 0 Å². The Morgan fingerprint density at radius 2 is 2.38 bits per heavy atom. The molecule has 0 aliphatic rings. The molecule has 13 heavy (non-hydrogen) atoms. The summed E-state index contributed by atoms with van der Waals surface area (Å²) in [4.78, 5) is 21.5. The van der Waals surface area contributed by atoms with Crippen LogP contribution in [0.5, 0.6) is 0 Å². The van der Waals surface area contributed by atoms with Crippen LogP contribution in [-0.4, -0.2) is 22.8 Å². The van der Waals surface area contributed by atoms with Gasteiger partial charge in [0.1, 0.15) is 0 Å². The number of hydrogen-bond donors (Lipinski definition) is 1. The van der Waals surface area contributed by atoms with Gasteiger partial charge in [0.15, 0.2) is 0 Å². The van der Waals surface area contributed by atoms with Gasteiger partial charge < -0.3 is 4.74 Å². The smallest absolute Gasteiger partial charge is 0.311 e. The lowest BCUT2D eigenvalue weighted by Crippen LogP contribution is -2.12. The van der Waals surface area contributed by atoms with Gasteiger partial charge in [0, 0.05) is 6.07 Å². The van der Waals surface area contributed by atoms with Crippen molar-refractivity contribution in [1.82, 2.24) is 10.2 Å². The molecule has 0 aliphatic carbocycles. The van der Waals surface area contributed by atoms with Gasteiger partial charge in [0.25, 0.3) is 5.56 Å². The van der Waals surface area contributed by atoms with Crippen molar-refractivity contribution in [2.24, 2.45) is 0 Å². The molecule has 0 fully saturated rings. The summed E-state index contributed by atoms with van der Waals surface area (Å²) in [5.74, 6) is -0.345. The summed E-state index contributed by atoms with van der Waals surface area (Å²) in [6, 6.07) is 2.82. The number of esters is 1. The van der Waals surface area contributed by atoms with E-state index in [2.05, 4.69) is 10.2 Å². The summed E-state index contributed by atoms with van der Waals surface area (Å²) in [6.45, 7) is 2.08. The number of hydrogen-bond acceptors (Lipinski definition) is 4. The average Bonchev–Trinajstić information content (AvgIpc) is 2.09. The number of rotatable bonds is 3. The van der Waals surface area contributed by atoms with Crippen LogP contribution in [0.25, 0.3) is 0 Å². The monoisotopic (exact) mass is 182 g/mol. The summed E-state index contributed by atoms with van der Waals surface area (Å²) < 4.78 is 4.71. The van der Waals surface area contributed by atoms with E-state index in [9.17, 15) is 9.59 Å². The summed E-state index contributed by atoms with van der Waals surface area (Å²) >= 11 is 0. The minimum atomic E-state index is -0.345. The predicted molar refractivity (Wildman–Crippen MR) is 45.2 cm³/mol. The zero-order chi connectivity index (χ0) is 9.68. The molecular formula is C8H10N2O3. The van der Waals surface area contributed by atoms with Crippen molar-refractivity contribution in [3.05, 3.63) is 28.2 Å². The van der Waals surface area contributed by atoms with Crippen LogP contribution in [0.3, 0.4) is 0 Å². The second-order valence-electron chi connectivity index (χ2n) is 2.39. The lowest BCUT2D eigenvalue weighted by atomic mass is 10.3. The van der Waals surface area contributed by atoms with E-state index in [1.54, 1.807) is 6.92 Å². The zero-order valence-electron chi connectivity index (χ0n) is 7.24. The van der Waals surface area contributed by atoms with E-state index in [0.717, 1.165) is 0 Å². The Morgan fingerprint density at radius 1 is 1.62 bits per heavy atom. The van der Waals surface area contributed by atoms with E-state index in [1.807, 2.05) is 0 Å². The van der Waals surface area contributed by atoms with E-state index >= 15 is 0 Å². The quantitative estimate of drug-likeness (QED) is 0.661. The van der Waals surface area contributed by atoms with E-state index < -0.39 is 0 Å². The number of ether oxygens (including phenoxy) is 1. The second-order valence-corrected chi connectivity index (χ2v) is 2.39. The number of H-pyrrole nitrogens is 1. The first kappa shape index (κ1) is 9.44.